The Kier molecular flexibility index (Phi) is 7.30. The molecule has 178 valence electrons. The third-order valence-electron chi connectivity index (χ3n) is 5.23. The average molecular weight is 512 g/mol. The van der Waals surface area contributed by atoms with Crippen LogP contribution in [0, 0.1) is 0 Å². The van der Waals surface area contributed by atoms with E-state index in [0.717, 1.165) is 33.8 Å². The summed E-state index contributed by atoms with van der Waals surface area (Å²) in [6.07, 6.45) is 0. The van der Waals surface area contributed by atoms with E-state index in [1.807, 2.05) is 90.3 Å². The zero-order valence-electron chi connectivity index (χ0n) is 19.3. The number of rotatable bonds is 8. The molecule has 0 aliphatic rings. The fraction of sp³-hybridized carbons (Fsp3) is 0.0741. The molecule has 9 heteroatoms. The predicted molar refractivity (Wildman–Crippen MR) is 144 cm³/mol. The standard InChI is InChI=1S/C27H21N5O2S2/c1-34-21-14-12-18(13-15-21)22-16-35-26(28-22)29-23(33)17-36-27-30-24(19-8-4-2-5-9-19)25(31-32-27)20-10-6-3-7-11-20/h2-16H,17H2,1H3,(H,28,29,33). The number of carbonyl (C=O) groups is 1. The fourth-order valence-corrected chi connectivity index (χ4v) is 4.79. The highest BCUT2D eigenvalue weighted by Crippen LogP contribution is 2.30. The lowest BCUT2D eigenvalue weighted by Crippen LogP contribution is -2.14. The molecular weight excluding hydrogens is 490 g/mol. The van der Waals surface area contributed by atoms with Gasteiger partial charge in [0.05, 0.1) is 18.6 Å². The third-order valence-corrected chi connectivity index (χ3v) is 6.83. The Morgan fingerprint density at radius 3 is 2.17 bits per heavy atom. The van der Waals surface area contributed by atoms with E-state index in [0.29, 0.717) is 16.0 Å². The first-order chi connectivity index (χ1) is 17.7. The van der Waals surface area contributed by atoms with E-state index in [9.17, 15) is 4.79 Å². The smallest absolute Gasteiger partial charge is 0.236 e. The molecule has 0 bridgehead atoms. The number of carbonyl (C=O) groups excluding carboxylic acids is 1. The second kappa shape index (κ2) is 11.1. The van der Waals surface area contributed by atoms with Crippen LogP contribution in [-0.2, 0) is 4.79 Å². The van der Waals surface area contributed by atoms with Gasteiger partial charge in [0.25, 0.3) is 0 Å². The largest absolute Gasteiger partial charge is 0.497 e. The molecule has 5 rings (SSSR count). The van der Waals surface area contributed by atoms with E-state index in [-0.39, 0.29) is 11.7 Å². The number of thiazole rings is 1. The number of methoxy groups -OCH3 is 1. The first-order valence-corrected chi connectivity index (χ1v) is 12.9. The summed E-state index contributed by atoms with van der Waals surface area (Å²) in [5.41, 5.74) is 5.04. The van der Waals surface area contributed by atoms with Gasteiger partial charge in [-0.3, -0.25) is 4.79 Å². The van der Waals surface area contributed by atoms with Gasteiger partial charge < -0.3 is 10.1 Å². The molecule has 3 aromatic carbocycles. The van der Waals surface area contributed by atoms with E-state index in [1.54, 1.807) is 7.11 Å². The third kappa shape index (κ3) is 5.59. The van der Waals surface area contributed by atoms with Crippen LogP contribution in [0.3, 0.4) is 0 Å². The van der Waals surface area contributed by atoms with Gasteiger partial charge in [0.15, 0.2) is 5.13 Å². The van der Waals surface area contributed by atoms with Crippen molar-refractivity contribution in [1.29, 1.82) is 0 Å². The zero-order chi connectivity index (χ0) is 24.7. The van der Waals surface area contributed by atoms with Crippen LogP contribution in [0.2, 0.25) is 0 Å². The summed E-state index contributed by atoms with van der Waals surface area (Å²) in [4.78, 5) is 21.9. The van der Waals surface area contributed by atoms with Crippen molar-refractivity contribution in [2.75, 3.05) is 18.2 Å². The molecule has 2 heterocycles. The Morgan fingerprint density at radius 2 is 1.50 bits per heavy atom. The number of hydrogen-bond donors (Lipinski definition) is 1. The van der Waals surface area contributed by atoms with Gasteiger partial charge in [0, 0.05) is 22.1 Å². The van der Waals surface area contributed by atoms with Crippen LogP contribution in [0.25, 0.3) is 33.8 Å². The zero-order valence-corrected chi connectivity index (χ0v) is 20.9. The maximum Gasteiger partial charge on any atom is 0.236 e. The maximum atomic E-state index is 12.6. The van der Waals surface area contributed by atoms with Crippen molar-refractivity contribution >= 4 is 34.1 Å². The Balaban J connectivity index is 1.28. The van der Waals surface area contributed by atoms with Crippen molar-refractivity contribution in [1.82, 2.24) is 20.2 Å². The summed E-state index contributed by atoms with van der Waals surface area (Å²) < 4.78 is 5.20. The van der Waals surface area contributed by atoms with Gasteiger partial charge in [-0.2, -0.15) is 0 Å². The number of ether oxygens (including phenoxy) is 1. The van der Waals surface area contributed by atoms with Crippen molar-refractivity contribution in [2.45, 2.75) is 5.16 Å². The SMILES string of the molecule is COc1ccc(-c2csc(NC(=O)CSc3nnc(-c4ccccc4)c(-c4ccccc4)n3)n2)cc1. The maximum absolute atomic E-state index is 12.6. The lowest BCUT2D eigenvalue weighted by atomic mass is 10.0. The number of hydrogen-bond acceptors (Lipinski definition) is 8. The molecule has 0 saturated carbocycles. The van der Waals surface area contributed by atoms with Crippen LogP contribution < -0.4 is 10.1 Å². The second-order valence-electron chi connectivity index (χ2n) is 7.63. The molecule has 0 aliphatic carbocycles. The Hall–Kier alpha value is -4.08. The molecule has 36 heavy (non-hydrogen) atoms. The molecule has 0 spiro atoms. The fourth-order valence-electron chi connectivity index (χ4n) is 3.47. The molecular formula is C27H21N5O2S2. The van der Waals surface area contributed by atoms with Crippen molar-refractivity contribution in [2.24, 2.45) is 0 Å². The molecule has 5 aromatic rings. The van der Waals surface area contributed by atoms with Crippen LogP contribution >= 0.6 is 23.1 Å². The second-order valence-corrected chi connectivity index (χ2v) is 9.43. The summed E-state index contributed by atoms with van der Waals surface area (Å²) in [6.45, 7) is 0. The number of thioether (sulfide) groups is 1. The van der Waals surface area contributed by atoms with Gasteiger partial charge in [-0.05, 0) is 24.3 Å². The molecule has 0 aliphatic heterocycles. The summed E-state index contributed by atoms with van der Waals surface area (Å²) in [5.74, 6) is 0.731. The van der Waals surface area contributed by atoms with E-state index in [4.69, 9.17) is 9.72 Å². The lowest BCUT2D eigenvalue weighted by molar-refractivity contribution is -0.113. The molecule has 7 nitrogen and oxygen atoms in total. The van der Waals surface area contributed by atoms with E-state index < -0.39 is 0 Å². The number of nitrogens with one attached hydrogen (secondary N) is 1. The van der Waals surface area contributed by atoms with Gasteiger partial charge in [-0.25, -0.2) is 9.97 Å². The molecule has 0 saturated heterocycles. The monoisotopic (exact) mass is 511 g/mol. The van der Waals surface area contributed by atoms with E-state index >= 15 is 0 Å². The van der Waals surface area contributed by atoms with Crippen molar-refractivity contribution in [3.63, 3.8) is 0 Å². The van der Waals surface area contributed by atoms with Crippen molar-refractivity contribution < 1.29 is 9.53 Å². The van der Waals surface area contributed by atoms with Gasteiger partial charge in [0.1, 0.15) is 17.1 Å². The van der Waals surface area contributed by atoms with Gasteiger partial charge in [-0.15, -0.1) is 21.5 Å². The number of aromatic nitrogens is 4. The van der Waals surface area contributed by atoms with Crippen molar-refractivity contribution in [3.05, 3.63) is 90.3 Å². The highest BCUT2D eigenvalue weighted by molar-refractivity contribution is 7.99. The molecule has 0 unspecified atom stereocenters. The quantitative estimate of drug-likeness (QED) is 0.253. The van der Waals surface area contributed by atoms with Crippen LogP contribution in [0.15, 0.2) is 95.5 Å². The Labute approximate surface area is 216 Å². The van der Waals surface area contributed by atoms with Crippen molar-refractivity contribution in [3.8, 4) is 39.5 Å². The number of benzene rings is 3. The minimum atomic E-state index is -0.187. The number of anilines is 1. The molecule has 0 fully saturated rings. The van der Waals surface area contributed by atoms with Crippen LogP contribution in [0.5, 0.6) is 5.75 Å². The normalized spacial score (nSPS) is 10.7. The topological polar surface area (TPSA) is 89.9 Å². The number of nitrogens with zero attached hydrogens (tertiary/aromatic N) is 4. The summed E-state index contributed by atoms with van der Waals surface area (Å²) in [6, 6.07) is 27.3. The Morgan fingerprint density at radius 1 is 0.833 bits per heavy atom. The average Bonchev–Trinajstić information content (AvgIpc) is 3.41. The first-order valence-electron chi connectivity index (χ1n) is 11.1. The summed E-state index contributed by atoms with van der Waals surface area (Å²) in [7, 11) is 1.63. The van der Waals surface area contributed by atoms with E-state index in [2.05, 4.69) is 20.5 Å². The minimum Gasteiger partial charge on any atom is -0.497 e. The minimum absolute atomic E-state index is 0.137. The Bertz CT molecular complexity index is 1460. The molecule has 0 radical (unpaired) electrons. The van der Waals surface area contributed by atoms with Gasteiger partial charge in [-0.1, -0.05) is 72.4 Å². The summed E-state index contributed by atoms with van der Waals surface area (Å²) in [5, 5.41) is 14.5. The van der Waals surface area contributed by atoms with E-state index in [1.165, 1.54) is 23.1 Å². The molecule has 1 N–H and O–H groups in total. The van der Waals surface area contributed by atoms with Crippen LogP contribution in [0.4, 0.5) is 5.13 Å². The molecule has 2 aromatic heterocycles. The van der Waals surface area contributed by atoms with Crippen LogP contribution in [0.1, 0.15) is 0 Å². The van der Waals surface area contributed by atoms with Gasteiger partial charge in [0.2, 0.25) is 11.1 Å². The predicted octanol–water partition coefficient (Wildman–Crippen LogP) is 6.07. The van der Waals surface area contributed by atoms with Crippen LogP contribution in [-0.4, -0.2) is 38.9 Å². The lowest BCUT2D eigenvalue weighted by Gasteiger charge is -2.09. The molecule has 1 amide bonds. The summed E-state index contributed by atoms with van der Waals surface area (Å²) >= 11 is 2.61. The van der Waals surface area contributed by atoms with Gasteiger partial charge >= 0.3 is 0 Å². The first kappa shape index (κ1) is 23.7. The highest BCUT2D eigenvalue weighted by atomic mass is 32.2. The number of amides is 1. The highest BCUT2D eigenvalue weighted by Gasteiger charge is 2.15. The molecule has 0 atom stereocenters.